The molecule has 4 nitrogen and oxygen atoms in total. The van der Waals surface area contributed by atoms with E-state index in [4.69, 9.17) is 0 Å². The molecule has 0 bridgehead atoms. The Balaban J connectivity index is 1.83. The van der Waals surface area contributed by atoms with Gasteiger partial charge in [-0.3, -0.25) is 4.68 Å². The minimum absolute atomic E-state index is 0.438. The average Bonchev–Trinajstić information content (AvgIpc) is 2.83. The molecule has 4 rings (SSSR count). The molecule has 0 spiro atoms. The first-order valence-electron chi connectivity index (χ1n) is 7.43. The van der Waals surface area contributed by atoms with Gasteiger partial charge < -0.3 is 10.2 Å². The Hall–Kier alpha value is -1.97. The monoisotopic (exact) mass is 268 g/mol. The van der Waals surface area contributed by atoms with Crippen LogP contribution in [0, 0.1) is 0 Å². The zero-order chi connectivity index (χ0) is 13.7. The molecule has 0 saturated heterocycles. The molecule has 0 aliphatic carbocycles. The molecule has 1 aromatic carbocycles. The maximum absolute atomic E-state index is 4.67. The van der Waals surface area contributed by atoms with Crippen molar-refractivity contribution in [2.45, 2.75) is 25.8 Å². The third-order valence-corrected chi connectivity index (χ3v) is 4.58. The Morgan fingerprint density at radius 2 is 2.20 bits per heavy atom. The predicted octanol–water partition coefficient (Wildman–Crippen LogP) is 2.51. The number of nitrogens with one attached hydrogen (secondary N) is 1. The highest BCUT2D eigenvalue weighted by Gasteiger charge is 2.35. The number of nitrogens with zero attached hydrogens (tertiary/aromatic N) is 3. The van der Waals surface area contributed by atoms with E-state index < -0.39 is 0 Å². The molecule has 0 radical (unpaired) electrons. The molecule has 4 heteroatoms. The van der Waals surface area contributed by atoms with E-state index in [1.807, 2.05) is 4.68 Å². The largest absolute Gasteiger partial charge is 0.378 e. The van der Waals surface area contributed by atoms with Gasteiger partial charge in [-0.25, -0.2) is 0 Å². The van der Waals surface area contributed by atoms with Crippen LogP contribution in [-0.4, -0.2) is 22.9 Å². The molecule has 2 aromatic rings. The van der Waals surface area contributed by atoms with Crippen molar-refractivity contribution < 1.29 is 0 Å². The highest BCUT2D eigenvalue weighted by atomic mass is 15.4. The zero-order valence-corrected chi connectivity index (χ0v) is 12.1. The van der Waals surface area contributed by atoms with Crippen molar-refractivity contribution in [1.29, 1.82) is 0 Å². The fourth-order valence-electron chi connectivity index (χ4n) is 3.65. The van der Waals surface area contributed by atoms with E-state index in [1.165, 1.54) is 28.3 Å². The van der Waals surface area contributed by atoms with Crippen molar-refractivity contribution in [3.05, 3.63) is 41.1 Å². The summed E-state index contributed by atoms with van der Waals surface area (Å²) in [6.45, 7) is 4.23. The summed E-state index contributed by atoms with van der Waals surface area (Å²) in [5, 5.41) is 8.29. The van der Waals surface area contributed by atoms with E-state index >= 15 is 0 Å². The average molecular weight is 268 g/mol. The summed E-state index contributed by atoms with van der Waals surface area (Å²) < 4.78 is 2.04. The Labute approximate surface area is 119 Å². The number of aromatic nitrogens is 2. The Bertz CT molecular complexity index is 658. The molecule has 1 atom stereocenters. The molecular formula is C16H20N4. The molecule has 1 N–H and O–H groups in total. The van der Waals surface area contributed by atoms with E-state index in [0.717, 1.165) is 25.9 Å². The van der Waals surface area contributed by atoms with Gasteiger partial charge in [0.15, 0.2) is 5.82 Å². The summed E-state index contributed by atoms with van der Waals surface area (Å²) in [6, 6.07) is 9.28. The van der Waals surface area contributed by atoms with Crippen molar-refractivity contribution in [1.82, 2.24) is 9.78 Å². The standard InChI is InChI=1S/C16H20N4/c1-3-13-15-16(19(2)18-13)20-9-8-11-6-4-5-7-12(11)14(20)10-17-15/h4-7,14,17H,3,8-10H2,1-2H3. The molecule has 0 amide bonds. The smallest absolute Gasteiger partial charge is 0.151 e. The maximum Gasteiger partial charge on any atom is 0.151 e. The quantitative estimate of drug-likeness (QED) is 0.862. The first kappa shape index (κ1) is 11.8. The predicted molar refractivity (Wildman–Crippen MR) is 81.3 cm³/mol. The van der Waals surface area contributed by atoms with Gasteiger partial charge >= 0.3 is 0 Å². The summed E-state index contributed by atoms with van der Waals surface area (Å²) in [5.74, 6) is 1.26. The number of anilines is 2. The topological polar surface area (TPSA) is 33.1 Å². The molecule has 104 valence electrons. The molecule has 0 fully saturated rings. The van der Waals surface area contributed by atoms with Gasteiger partial charge in [0.25, 0.3) is 0 Å². The SMILES string of the molecule is CCc1nn(C)c2c1NCC1c3ccccc3CCN21. The molecule has 3 heterocycles. The molecule has 1 unspecified atom stereocenters. The number of fused-ring (bicyclic) bond motifs is 5. The second kappa shape index (κ2) is 4.27. The lowest BCUT2D eigenvalue weighted by Crippen LogP contribution is -2.43. The van der Waals surface area contributed by atoms with Crippen LogP contribution < -0.4 is 10.2 Å². The molecule has 20 heavy (non-hydrogen) atoms. The Kier molecular flexibility index (Phi) is 2.52. The van der Waals surface area contributed by atoms with Crippen molar-refractivity contribution in [2.24, 2.45) is 7.05 Å². The summed E-state index contributed by atoms with van der Waals surface area (Å²) in [4.78, 5) is 2.53. The second-order valence-electron chi connectivity index (χ2n) is 5.66. The number of benzene rings is 1. The zero-order valence-electron chi connectivity index (χ0n) is 12.1. The minimum Gasteiger partial charge on any atom is -0.378 e. The van der Waals surface area contributed by atoms with Crippen LogP contribution in [0.15, 0.2) is 24.3 Å². The first-order valence-corrected chi connectivity index (χ1v) is 7.43. The lowest BCUT2D eigenvalue weighted by molar-refractivity contribution is 0.567. The van der Waals surface area contributed by atoms with Crippen LogP contribution in [0.5, 0.6) is 0 Å². The van der Waals surface area contributed by atoms with Crippen molar-refractivity contribution in [2.75, 3.05) is 23.3 Å². The number of rotatable bonds is 1. The van der Waals surface area contributed by atoms with Crippen LogP contribution in [0.4, 0.5) is 11.5 Å². The first-order chi connectivity index (χ1) is 9.79. The number of aryl methyl sites for hydroxylation is 2. The van der Waals surface area contributed by atoms with Gasteiger partial charge in [-0.05, 0) is 24.0 Å². The molecule has 0 saturated carbocycles. The van der Waals surface area contributed by atoms with Gasteiger partial charge in [-0.1, -0.05) is 31.2 Å². The highest BCUT2D eigenvalue weighted by molar-refractivity contribution is 5.73. The van der Waals surface area contributed by atoms with E-state index in [0.29, 0.717) is 6.04 Å². The Morgan fingerprint density at radius 1 is 1.35 bits per heavy atom. The van der Waals surface area contributed by atoms with E-state index in [1.54, 1.807) is 0 Å². The fourth-order valence-corrected chi connectivity index (χ4v) is 3.65. The van der Waals surface area contributed by atoms with Gasteiger partial charge in [0.2, 0.25) is 0 Å². The Morgan fingerprint density at radius 3 is 3.05 bits per heavy atom. The molecular weight excluding hydrogens is 248 g/mol. The van der Waals surface area contributed by atoms with Crippen LogP contribution in [0.25, 0.3) is 0 Å². The van der Waals surface area contributed by atoms with Crippen LogP contribution in [0.3, 0.4) is 0 Å². The van der Waals surface area contributed by atoms with E-state index in [2.05, 4.69) is 53.6 Å². The van der Waals surface area contributed by atoms with E-state index in [-0.39, 0.29) is 0 Å². The lowest BCUT2D eigenvalue weighted by Gasteiger charge is -2.42. The van der Waals surface area contributed by atoms with Gasteiger partial charge in [0, 0.05) is 20.1 Å². The summed E-state index contributed by atoms with van der Waals surface area (Å²) in [5.41, 5.74) is 5.39. The summed E-state index contributed by atoms with van der Waals surface area (Å²) in [6.07, 6.45) is 2.10. The van der Waals surface area contributed by atoms with Crippen LogP contribution >= 0.6 is 0 Å². The van der Waals surface area contributed by atoms with Gasteiger partial charge in [0.1, 0.15) is 5.69 Å². The van der Waals surface area contributed by atoms with E-state index in [9.17, 15) is 0 Å². The van der Waals surface area contributed by atoms with Gasteiger partial charge in [-0.15, -0.1) is 0 Å². The van der Waals surface area contributed by atoms with Crippen LogP contribution in [-0.2, 0) is 19.9 Å². The van der Waals surface area contributed by atoms with Crippen LogP contribution in [0.2, 0.25) is 0 Å². The lowest BCUT2D eigenvalue weighted by atomic mass is 9.91. The normalized spacial score (nSPS) is 19.9. The second-order valence-corrected chi connectivity index (χ2v) is 5.66. The highest BCUT2D eigenvalue weighted by Crippen LogP contribution is 2.42. The number of hydrogen-bond acceptors (Lipinski definition) is 3. The van der Waals surface area contributed by atoms with Gasteiger partial charge in [0.05, 0.1) is 11.7 Å². The molecule has 1 aromatic heterocycles. The minimum atomic E-state index is 0.438. The summed E-state index contributed by atoms with van der Waals surface area (Å²) >= 11 is 0. The maximum atomic E-state index is 4.67. The van der Waals surface area contributed by atoms with Crippen molar-refractivity contribution in [3.8, 4) is 0 Å². The third kappa shape index (κ3) is 1.51. The fraction of sp³-hybridized carbons (Fsp3) is 0.438. The van der Waals surface area contributed by atoms with Crippen molar-refractivity contribution >= 4 is 11.5 Å². The molecule has 2 aliphatic rings. The summed E-state index contributed by atoms with van der Waals surface area (Å²) in [7, 11) is 2.06. The molecule has 2 aliphatic heterocycles. The van der Waals surface area contributed by atoms with Crippen molar-refractivity contribution in [3.63, 3.8) is 0 Å². The van der Waals surface area contributed by atoms with Gasteiger partial charge in [-0.2, -0.15) is 5.10 Å². The van der Waals surface area contributed by atoms with Crippen LogP contribution in [0.1, 0.15) is 29.8 Å². The third-order valence-electron chi connectivity index (χ3n) is 4.58. The number of hydrogen-bond donors (Lipinski definition) is 1.